The number of hydrogen-bond donors (Lipinski definition) is 0. The summed E-state index contributed by atoms with van der Waals surface area (Å²) in [4.78, 5) is 18.6. The lowest BCUT2D eigenvalue weighted by Crippen LogP contribution is -2.23. The molecule has 0 fully saturated rings. The normalized spacial score (nSPS) is 13.7. The van der Waals surface area contributed by atoms with Crippen LogP contribution in [0.4, 0.5) is 5.13 Å². The summed E-state index contributed by atoms with van der Waals surface area (Å²) in [6.07, 6.45) is 4.19. The van der Waals surface area contributed by atoms with Crippen LogP contribution in [-0.2, 0) is 4.79 Å². The van der Waals surface area contributed by atoms with Crippen molar-refractivity contribution in [1.82, 2.24) is 4.98 Å². The van der Waals surface area contributed by atoms with E-state index in [4.69, 9.17) is 9.47 Å². The molecule has 3 aromatic rings. The second-order valence-electron chi connectivity index (χ2n) is 5.95. The van der Waals surface area contributed by atoms with Gasteiger partial charge in [-0.05, 0) is 35.9 Å². The maximum absolute atomic E-state index is 12.5. The highest BCUT2D eigenvalue weighted by Crippen LogP contribution is 2.31. The van der Waals surface area contributed by atoms with Crippen molar-refractivity contribution in [2.24, 2.45) is 0 Å². The van der Waals surface area contributed by atoms with Crippen LogP contribution < -0.4 is 14.4 Å². The lowest BCUT2D eigenvalue weighted by atomic mass is 10.2. The second-order valence-corrected chi connectivity index (χ2v) is 6.96. The molecule has 1 amide bonds. The number of para-hydroxylation sites is 1. The zero-order valence-electron chi connectivity index (χ0n) is 14.3. The van der Waals surface area contributed by atoms with Crippen LogP contribution in [-0.4, -0.2) is 31.2 Å². The molecule has 0 spiro atoms. The average Bonchev–Trinajstić information content (AvgIpc) is 2.96. The number of anilines is 1. The molecule has 26 heavy (non-hydrogen) atoms. The third-order valence-electron chi connectivity index (χ3n) is 4.09. The fraction of sp³-hybridized carbons (Fsp3) is 0.200. The van der Waals surface area contributed by atoms with Crippen LogP contribution in [0.25, 0.3) is 16.3 Å². The predicted molar refractivity (Wildman–Crippen MR) is 104 cm³/mol. The van der Waals surface area contributed by atoms with E-state index < -0.39 is 0 Å². The maximum Gasteiger partial charge on any atom is 0.252 e. The molecule has 6 heteroatoms. The molecule has 0 unspecified atom stereocenters. The lowest BCUT2D eigenvalue weighted by molar-refractivity contribution is -0.113. The van der Waals surface area contributed by atoms with Crippen LogP contribution in [0, 0.1) is 0 Å². The van der Waals surface area contributed by atoms with Gasteiger partial charge in [0, 0.05) is 19.5 Å². The van der Waals surface area contributed by atoms with Gasteiger partial charge in [0.1, 0.15) is 0 Å². The fourth-order valence-corrected chi connectivity index (χ4v) is 3.59. The highest BCUT2D eigenvalue weighted by Gasteiger charge is 2.13. The molecule has 5 nitrogen and oxygen atoms in total. The highest BCUT2D eigenvalue weighted by molar-refractivity contribution is 7.22. The minimum Gasteiger partial charge on any atom is -0.490 e. The van der Waals surface area contributed by atoms with Gasteiger partial charge in [-0.15, -0.1) is 0 Å². The first-order chi connectivity index (χ1) is 12.7. The van der Waals surface area contributed by atoms with Gasteiger partial charge >= 0.3 is 0 Å². The van der Waals surface area contributed by atoms with Crippen molar-refractivity contribution >= 4 is 38.7 Å². The molecule has 0 radical (unpaired) electrons. The zero-order chi connectivity index (χ0) is 17.9. The summed E-state index contributed by atoms with van der Waals surface area (Å²) >= 11 is 1.50. The summed E-state index contributed by atoms with van der Waals surface area (Å²) in [6, 6.07) is 13.5. The minimum absolute atomic E-state index is 0.129. The summed E-state index contributed by atoms with van der Waals surface area (Å²) in [6.45, 7) is 1.30. The molecule has 1 aromatic heterocycles. The molecule has 0 atom stereocenters. The molecule has 0 N–H and O–H groups in total. The summed E-state index contributed by atoms with van der Waals surface area (Å²) in [5.41, 5.74) is 1.79. The molecule has 1 aliphatic rings. The van der Waals surface area contributed by atoms with Crippen LogP contribution in [0.15, 0.2) is 48.5 Å². The third-order valence-corrected chi connectivity index (χ3v) is 5.20. The van der Waals surface area contributed by atoms with E-state index in [1.807, 2.05) is 42.5 Å². The minimum atomic E-state index is -0.129. The third kappa shape index (κ3) is 3.41. The number of amides is 1. The summed E-state index contributed by atoms with van der Waals surface area (Å²) in [5, 5.41) is 0.680. The van der Waals surface area contributed by atoms with E-state index in [9.17, 15) is 4.79 Å². The first-order valence-corrected chi connectivity index (χ1v) is 9.23. The van der Waals surface area contributed by atoms with Crippen molar-refractivity contribution in [2.45, 2.75) is 6.42 Å². The Kier molecular flexibility index (Phi) is 4.58. The molecule has 0 saturated carbocycles. The zero-order valence-corrected chi connectivity index (χ0v) is 15.2. The number of benzene rings is 2. The molecule has 0 saturated heterocycles. The highest BCUT2D eigenvalue weighted by atomic mass is 32.1. The Balaban J connectivity index is 1.51. The van der Waals surface area contributed by atoms with E-state index in [-0.39, 0.29) is 5.91 Å². The van der Waals surface area contributed by atoms with Crippen molar-refractivity contribution in [3.63, 3.8) is 0 Å². The Morgan fingerprint density at radius 3 is 2.81 bits per heavy atom. The molecule has 1 aliphatic heterocycles. The number of hydrogen-bond acceptors (Lipinski definition) is 5. The van der Waals surface area contributed by atoms with Gasteiger partial charge in [0.05, 0.1) is 23.4 Å². The number of rotatable bonds is 3. The SMILES string of the molecule is CN(C(=O)C=Cc1ccc2c(c1)OCCCO2)c1nc2ccccc2s1. The Labute approximate surface area is 155 Å². The van der Waals surface area contributed by atoms with Gasteiger partial charge in [-0.1, -0.05) is 29.5 Å². The first-order valence-electron chi connectivity index (χ1n) is 8.42. The van der Waals surface area contributed by atoms with Crippen molar-refractivity contribution in [3.8, 4) is 11.5 Å². The van der Waals surface area contributed by atoms with Crippen LogP contribution in [0.5, 0.6) is 11.5 Å². The molecule has 0 aliphatic carbocycles. The van der Waals surface area contributed by atoms with Crippen LogP contribution in [0.1, 0.15) is 12.0 Å². The molecule has 2 heterocycles. The quantitative estimate of drug-likeness (QED) is 0.654. The number of carbonyl (C=O) groups excluding carboxylic acids is 1. The van der Waals surface area contributed by atoms with E-state index in [1.54, 1.807) is 24.1 Å². The Morgan fingerprint density at radius 1 is 1.15 bits per heavy atom. The predicted octanol–water partition coefficient (Wildman–Crippen LogP) is 4.13. The fourth-order valence-electron chi connectivity index (χ4n) is 2.66. The number of nitrogens with zero attached hydrogens (tertiary/aromatic N) is 2. The van der Waals surface area contributed by atoms with Gasteiger partial charge in [0.2, 0.25) is 0 Å². The summed E-state index contributed by atoms with van der Waals surface area (Å²) in [7, 11) is 1.73. The van der Waals surface area contributed by atoms with Crippen molar-refractivity contribution in [1.29, 1.82) is 0 Å². The van der Waals surface area contributed by atoms with Crippen LogP contribution in [0.3, 0.4) is 0 Å². The number of likely N-dealkylation sites (N-methyl/N-ethyl adjacent to an activating group) is 1. The second kappa shape index (κ2) is 7.17. The molecule has 0 bridgehead atoms. The van der Waals surface area contributed by atoms with Crippen molar-refractivity contribution < 1.29 is 14.3 Å². The summed E-state index contributed by atoms with van der Waals surface area (Å²) < 4.78 is 12.4. The van der Waals surface area contributed by atoms with Gasteiger partial charge in [0.15, 0.2) is 16.6 Å². The summed E-state index contributed by atoms with van der Waals surface area (Å²) in [5.74, 6) is 1.34. The Bertz CT molecular complexity index is 947. The van der Waals surface area contributed by atoms with Gasteiger partial charge < -0.3 is 9.47 Å². The average molecular weight is 366 g/mol. The Hall–Kier alpha value is -2.86. The van der Waals surface area contributed by atoms with Crippen molar-refractivity contribution in [2.75, 3.05) is 25.2 Å². The number of carbonyl (C=O) groups is 1. The first kappa shape index (κ1) is 16.6. The van der Waals surface area contributed by atoms with Gasteiger partial charge in [0.25, 0.3) is 5.91 Å². The van der Waals surface area contributed by atoms with Crippen LogP contribution >= 0.6 is 11.3 Å². The largest absolute Gasteiger partial charge is 0.490 e. The van der Waals surface area contributed by atoms with E-state index in [0.29, 0.717) is 18.3 Å². The van der Waals surface area contributed by atoms with E-state index >= 15 is 0 Å². The smallest absolute Gasteiger partial charge is 0.252 e. The van der Waals surface area contributed by atoms with Crippen LogP contribution in [0.2, 0.25) is 0 Å². The molecular formula is C20H18N2O3S. The van der Waals surface area contributed by atoms with E-state index in [2.05, 4.69) is 4.98 Å². The van der Waals surface area contributed by atoms with Gasteiger partial charge in [-0.25, -0.2) is 4.98 Å². The number of thiazole rings is 1. The van der Waals surface area contributed by atoms with Gasteiger partial charge in [-0.3, -0.25) is 9.69 Å². The molecule has 2 aromatic carbocycles. The number of ether oxygens (including phenoxy) is 2. The standard InChI is InChI=1S/C20H18N2O3S/c1-22(20-21-15-5-2-3-6-18(15)26-20)19(23)10-8-14-7-9-16-17(13-14)25-12-4-11-24-16/h2-3,5-10,13H,4,11-12H2,1H3. The number of fused-ring (bicyclic) bond motifs is 2. The van der Waals surface area contributed by atoms with Gasteiger partial charge in [-0.2, -0.15) is 0 Å². The molecular weight excluding hydrogens is 348 g/mol. The van der Waals surface area contributed by atoms with Crippen molar-refractivity contribution in [3.05, 3.63) is 54.1 Å². The maximum atomic E-state index is 12.5. The monoisotopic (exact) mass is 366 g/mol. The van der Waals surface area contributed by atoms with E-state index in [1.165, 1.54) is 11.3 Å². The van der Waals surface area contributed by atoms with E-state index in [0.717, 1.165) is 33.7 Å². The molecule has 4 rings (SSSR count). The number of aromatic nitrogens is 1. The Morgan fingerprint density at radius 2 is 1.96 bits per heavy atom. The lowest BCUT2D eigenvalue weighted by Gasteiger charge is -2.10. The topological polar surface area (TPSA) is 51.7 Å². The molecule has 132 valence electrons.